The van der Waals surface area contributed by atoms with Crippen LogP contribution in [0.25, 0.3) is 97.4 Å². The van der Waals surface area contributed by atoms with Crippen molar-refractivity contribution < 1.29 is 4.42 Å². The van der Waals surface area contributed by atoms with Crippen LogP contribution in [0.1, 0.15) is 25.0 Å². The molecule has 302 valence electrons. The molecule has 0 amide bonds. The largest absolute Gasteiger partial charge is 0.455 e. The summed E-state index contributed by atoms with van der Waals surface area (Å²) in [7, 11) is 0. The zero-order chi connectivity index (χ0) is 42.5. The van der Waals surface area contributed by atoms with Gasteiger partial charge < -0.3 is 9.32 Å². The molecule has 0 unspecified atom stereocenters. The van der Waals surface area contributed by atoms with E-state index in [2.05, 4.69) is 231 Å². The number of furan rings is 1. The number of nitrogens with zero attached hydrogens (tertiary/aromatic N) is 1. The zero-order valence-corrected chi connectivity index (χ0v) is 36.3. The summed E-state index contributed by atoms with van der Waals surface area (Å²) in [6.45, 7) is 4.70. The summed E-state index contributed by atoms with van der Waals surface area (Å²) in [6.07, 6.45) is 0. The topological polar surface area (TPSA) is 16.4 Å². The van der Waals surface area contributed by atoms with Crippen LogP contribution in [-0.4, -0.2) is 0 Å². The monoisotopic (exact) mass is 835 g/mol. The van der Waals surface area contributed by atoms with Crippen LogP contribution >= 0.6 is 11.3 Å². The van der Waals surface area contributed by atoms with Gasteiger partial charge in [-0.3, -0.25) is 0 Å². The van der Waals surface area contributed by atoms with E-state index in [1.807, 2.05) is 11.3 Å². The molecular formula is C61H41NOS. The molecule has 0 N–H and O–H groups in total. The van der Waals surface area contributed by atoms with Crippen LogP contribution < -0.4 is 4.90 Å². The second-order valence-corrected chi connectivity index (χ2v) is 18.7. The average Bonchev–Trinajstić information content (AvgIpc) is 4.00. The Morgan fingerprint density at radius 1 is 0.375 bits per heavy atom. The van der Waals surface area contributed by atoms with Crippen molar-refractivity contribution in [1.82, 2.24) is 0 Å². The predicted molar refractivity (Wildman–Crippen MR) is 273 cm³/mol. The maximum absolute atomic E-state index is 6.76. The number of para-hydroxylation sites is 1. The maximum Gasteiger partial charge on any atom is 0.143 e. The number of fused-ring (bicyclic) bond motifs is 11. The summed E-state index contributed by atoms with van der Waals surface area (Å²) in [5.74, 6) is 0. The number of rotatable bonds is 6. The molecule has 10 aromatic carbocycles. The van der Waals surface area contributed by atoms with Crippen LogP contribution in [0.3, 0.4) is 0 Å². The van der Waals surface area contributed by atoms with E-state index in [4.69, 9.17) is 4.42 Å². The molecule has 1 aliphatic carbocycles. The number of hydrogen-bond acceptors (Lipinski definition) is 3. The Morgan fingerprint density at radius 2 is 0.891 bits per heavy atom. The number of anilines is 3. The van der Waals surface area contributed by atoms with E-state index in [1.54, 1.807) is 0 Å². The minimum Gasteiger partial charge on any atom is -0.455 e. The highest BCUT2D eigenvalue weighted by Gasteiger charge is 2.36. The predicted octanol–water partition coefficient (Wildman–Crippen LogP) is 17.9. The van der Waals surface area contributed by atoms with Crippen molar-refractivity contribution in [2.24, 2.45) is 0 Å². The first kappa shape index (κ1) is 36.9. The van der Waals surface area contributed by atoms with E-state index >= 15 is 0 Å². The third-order valence-corrected chi connectivity index (χ3v) is 14.8. The fourth-order valence-corrected chi connectivity index (χ4v) is 11.7. The van der Waals surface area contributed by atoms with Crippen LogP contribution in [0.15, 0.2) is 217 Å². The third kappa shape index (κ3) is 5.57. The van der Waals surface area contributed by atoms with Crippen LogP contribution in [-0.2, 0) is 5.41 Å². The van der Waals surface area contributed by atoms with Gasteiger partial charge in [0, 0.05) is 64.4 Å². The van der Waals surface area contributed by atoms with Crippen molar-refractivity contribution >= 4 is 81.3 Å². The van der Waals surface area contributed by atoms with Gasteiger partial charge in [-0.25, -0.2) is 0 Å². The lowest BCUT2D eigenvalue weighted by Crippen LogP contribution is -2.14. The standard InChI is InChI=1S/C61H41NOS/c1-61(2)53-20-7-5-14-51(53)57-45(16-10-21-54(57)61)39-24-31-42(32-25-39)62(43-33-26-40(27-34-43)46-17-11-23-56-58(46)52-15-6-8-22-55(52)64-56)44-35-28-41(29-36-44)48-18-9-19-49-50-37-30-38-12-3-4-13-47(38)60(50)63-59(48)49/h3-37H,1-2H3. The Hall–Kier alpha value is -7.72. The number of hydrogen-bond donors (Lipinski definition) is 0. The van der Waals surface area contributed by atoms with Gasteiger partial charge in [-0.2, -0.15) is 0 Å². The van der Waals surface area contributed by atoms with Crippen molar-refractivity contribution in [2.75, 3.05) is 4.90 Å². The molecular weight excluding hydrogens is 795 g/mol. The molecule has 2 nitrogen and oxygen atoms in total. The Kier molecular flexibility index (Phi) is 8.16. The summed E-state index contributed by atoms with van der Waals surface area (Å²) in [4.78, 5) is 2.37. The molecule has 0 saturated heterocycles. The van der Waals surface area contributed by atoms with Gasteiger partial charge in [-0.05, 0) is 110 Å². The van der Waals surface area contributed by atoms with E-state index in [0.717, 1.165) is 55.5 Å². The molecule has 3 heteroatoms. The quantitative estimate of drug-likeness (QED) is 0.166. The summed E-state index contributed by atoms with van der Waals surface area (Å²) < 4.78 is 9.39. The van der Waals surface area contributed by atoms with Crippen LogP contribution in [0, 0.1) is 0 Å². The first-order chi connectivity index (χ1) is 31.5. The van der Waals surface area contributed by atoms with Gasteiger partial charge in [0.1, 0.15) is 11.2 Å². The smallest absolute Gasteiger partial charge is 0.143 e. The van der Waals surface area contributed by atoms with Gasteiger partial charge in [-0.15, -0.1) is 11.3 Å². The Morgan fingerprint density at radius 3 is 1.66 bits per heavy atom. The van der Waals surface area contributed by atoms with Gasteiger partial charge in [0.05, 0.1) is 0 Å². The zero-order valence-electron chi connectivity index (χ0n) is 35.5. The van der Waals surface area contributed by atoms with Crippen molar-refractivity contribution in [3.8, 4) is 44.5 Å². The van der Waals surface area contributed by atoms with E-state index in [1.165, 1.54) is 70.1 Å². The number of thiophene rings is 1. The molecule has 13 rings (SSSR count). The van der Waals surface area contributed by atoms with E-state index in [-0.39, 0.29) is 5.41 Å². The molecule has 12 aromatic rings. The van der Waals surface area contributed by atoms with Gasteiger partial charge in [0.15, 0.2) is 0 Å². The molecule has 0 spiro atoms. The molecule has 0 fully saturated rings. The normalized spacial score (nSPS) is 13.0. The molecule has 2 aromatic heterocycles. The molecule has 0 radical (unpaired) electrons. The highest BCUT2D eigenvalue weighted by atomic mass is 32.1. The van der Waals surface area contributed by atoms with Crippen molar-refractivity contribution in [1.29, 1.82) is 0 Å². The molecule has 0 atom stereocenters. The average molecular weight is 836 g/mol. The fraction of sp³-hybridized carbons (Fsp3) is 0.0492. The molecule has 2 heterocycles. The van der Waals surface area contributed by atoms with Crippen LogP contribution in [0.2, 0.25) is 0 Å². The highest BCUT2D eigenvalue weighted by molar-refractivity contribution is 7.25. The lowest BCUT2D eigenvalue weighted by Gasteiger charge is -2.26. The Bertz CT molecular complexity index is 3800. The molecule has 0 aliphatic heterocycles. The fourth-order valence-electron chi connectivity index (χ4n) is 10.6. The van der Waals surface area contributed by atoms with Gasteiger partial charge in [0.2, 0.25) is 0 Å². The SMILES string of the molecule is CC1(C)c2ccccc2-c2c(-c3ccc(N(c4ccc(-c5cccc6c5oc5c7ccccc7ccc65)cc4)c4ccc(-c5cccc6sc7ccccc7c56)cc4)cc3)cccc21. The van der Waals surface area contributed by atoms with E-state index in [9.17, 15) is 0 Å². The van der Waals surface area contributed by atoms with Crippen molar-refractivity contribution in [3.63, 3.8) is 0 Å². The van der Waals surface area contributed by atoms with Crippen molar-refractivity contribution in [2.45, 2.75) is 19.3 Å². The Labute approximate surface area is 375 Å². The summed E-state index contributed by atoms with van der Waals surface area (Å²) in [5.41, 5.74) is 17.7. The molecule has 1 aliphatic rings. The first-order valence-corrected chi connectivity index (χ1v) is 22.9. The maximum atomic E-state index is 6.76. The third-order valence-electron chi connectivity index (χ3n) is 13.7. The minimum absolute atomic E-state index is 0.0522. The van der Waals surface area contributed by atoms with Gasteiger partial charge >= 0.3 is 0 Å². The summed E-state index contributed by atoms with van der Waals surface area (Å²) in [5, 5.41) is 7.22. The molecule has 0 bridgehead atoms. The summed E-state index contributed by atoms with van der Waals surface area (Å²) >= 11 is 1.86. The van der Waals surface area contributed by atoms with Gasteiger partial charge in [-0.1, -0.05) is 172 Å². The summed E-state index contributed by atoms with van der Waals surface area (Å²) in [6, 6.07) is 77.7. The Balaban J connectivity index is 0.920. The second kappa shape index (κ2) is 14.2. The van der Waals surface area contributed by atoms with Gasteiger partial charge in [0.25, 0.3) is 0 Å². The van der Waals surface area contributed by atoms with Crippen LogP contribution in [0.4, 0.5) is 17.1 Å². The van der Waals surface area contributed by atoms with E-state index < -0.39 is 0 Å². The minimum atomic E-state index is -0.0522. The lowest BCUT2D eigenvalue weighted by atomic mass is 9.82. The lowest BCUT2D eigenvalue weighted by molar-refractivity contribution is 0.660. The molecule has 64 heavy (non-hydrogen) atoms. The number of benzene rings is 10. The molecule has 0 saturated carbocycles. The highest BCUT2D eigenvalue weighted by Crippen LogP contribution is 2.52. The first-order valence-electron chi connectivity index (χ1n) is 22.1. The van der Waals surface area contributed by atoms with E-state index in [0.29, 0.717) is 0 Å². The van der Waals surface area contributed by atoms with Crippen molar-refractivity contribution in [3.05, 3.63) is 223 Å². The second-order valence-electron chi connectivity index (χ2n) is 17.6. The van der Waals surface area contributed by atoms with Crippen LogP contribution in [0.5, 0.6) is 0 Å².